The van der Waals surface area contributed by atoms with Gasteiger partial charge < -0.3 is 9.84 Å². The zero-order valence-electron chi connectivity index (χ0n) is 8.99. The minimum atomic E-state index is -0.705. The number of hydrogen-bond acceptors (Lipinski definition) is 2. The molecule has 2 heteroatoms. The van der Waals surface area contributed by atoms with E-state index in [1.54, 1.807) is 13.2 Å². The summed E-state index contributed by atoms with van der Waals surface area (Å²) >= 11 is 0. The van der Waals surface area contributed by atoms with Crippen LogP contribution >= 0.6 is 0 Å². The van der Waals surface area contributed by atoms with E-state index in [9.17, 15) is 5.11 Å². The molecule has 0 fully saturated rings. The number of ether oxygens (including phenoxy) is 1. The minimum Gasteiger partial charge on any atom is -0.497 e. The Morgan fingerprint density at radius 2 is 2.40 bits per heavy atom. The van der Waals surface area contributed by atoms with Crippen molar-refractivity contribution in [3.8, 4) is 5.75 Å². The largest absolute Gasteiger partial charge is 0.497 e. The monoisotopic (exact) mass is 204 g/mol. The van der Waals surface area contributed by atoms with E-state index in [2.05, 4.69) is 6.58 Å². The third-order valence-corrected chi connectivity index (χ3v) is 3.10. The predicted molar refractivity (Wildman–Crippen MR) is 60.0 cm³/mol. The number of fused-ring (bicyclic) bond motifs is 1. The van der Waals surface area contributed by atoms with Crippen LogP contribution in [0.4, 0.5) is 0 Å². The highest BCUT2D eigenvalue weighted by Gasteiger charge is 2.35. The Morgan fingerprint density at radius 1 is 1.60 bits per heavy atom. The van der Waals surface area contributed by atoms with Crippen molar-refractivity contribution in [2.24, 2.45) is 0 Å². The van der Waals surface area contributed by atoms with Crippen molar-refractivity contribution in [2.45, 2.75) is 24.9 Å². The van der Waals surface area contributed by atoms with E-state index in [-0.39, 0.29) is 0 Å². The summed E-state index contributed by atoms with van der Waals surface area (Å²) in [4.78, 5) is 0. The number of hydrogen-bond donors (Lipinski definition) is 1. The summed E-state index contributed by atoms with van der Waals surface area (Å²) in [7, 11) is 1.66. The van der Waals surface area contributed by atoms with Gasteiger partial charge in [-0.25, -0.2) is 0 Å². The molecule has 80 valence electrons. The Kier molecular flexibility index (Phi) is 2.53. The van der Waals surface area contributed by atoms with Gasteiger partial charge in [0.25, 0.3) is 0 Å². The highest BCUT2D eigenvalue weighted by molar-refractivity contribution is 5.42. The van der Waals surface area contributed by atoms with Gasteiger partial charge in [-0.15, -0.1) is 6.58 Å². The molecule has 1 unspecified atom stereocenters. The predicted octanol–water partition coefficient (Wildman–Crippen LogP) is 2.41. The first kappa shape index (κ1) is 10.2. The number of methoxy groups -OCH3 is 1. The average Bonchev–Trinajstić information content (AvgIpc) is 2.57. The van der Waals surface area contributed by atoms with Crippen LogP contribution in [0.5, 0.6) is 5.75 Å². The van der Waals surface area contributed by atoms with Gasteiger partial charge in [-0.1, -0.05) is 12.1 Å². The summed E-state index contributed by atoms with van der Waals surface area (Å²) in [5.74, 6) is 0.858. The Morgan fingerprint density at radius 3 is 3.07 bits per heavy atom. The topological polar surface area (TPSA) is 29.5 Å². The van der Waals surface area contributed by atoms with Crippen molar-refractivity contribution < 1.29 is 9.84 Å². The standard InChI is InChI=1S/C13H16O2/c1-3-7-13(14)8-6-10-9-11(15-2)4-5-12(10)13/h3-5,9,14H,1,6-8H2,2H3. The fourth-order valence-corrected chi connectivity index (χ4v) is 2.28. The van der Waals surface area contributed by atoms with Gasteiger partial charge in [-0.2, -0.15) is 0 Å². The molecule has 2 rings (SSSR count). The van der Waals surface area contributed by atoms with Crippen molar-refractivity contribution in [2.75, 3.05) is 7.11 Å². The van der Waals surface area contributed by atoms with Gasteiger partial charge >= 0.3 is 0 Å². The summed E-state index contributed by atoms with van der Waals surface area (Å²) < 4.78 is 5.17. The molecule has 0 radical (unpaired) electrons. The second kappa shape index (κ2) is 3.70. The maximum absolute atomic E-state index is 10.4. The normalized spacial score (nSPS) is 23.6. The van der Waals surface area contributed by atoms with Crippen molar-refractivity contribution >= 4 is 0 Å². The van der Waals surface area contributed by atoms with E-state index in [0.717, 1.165) is 24.2 Å². The summed E-state index contributed by atoms with van der Waals surface area (Å²) in [6.45, 7) is 3.69. The van der Waals surface area contributed by atoms with Crippen molar-refractivity contribution in [1.29, 1.82) is 0 Å². The van der Waals surface area contributed by atoms with Gasteiger partial charge in [-0.05, 0) is 42.5 Å². The lowest BCUT2D eigenvalue weighted by Crippen LogP contribution is -2.20. The molecule has 0 saturated heterocycles. The second-order valence-electron chi connectivity index (χ2n) is 4.05. The highest BCUT2D eigenvalue weighted by Crippen LogP contribution is 2.40. The summed E-state index contributed by atoms with van der Waals surface area (Å²) in [6.07, 6.45) is 4.09. The Bertz CT molecular complexity index is 384. The molecule has 2 nitrogen and oxygen atoms in total. The number of rotatable bonds is 3. The van der Waals surface area contributed by atoms with Gasteiger partial charge in [0.05, 0.1) is 12.7 Å². The van der Waals surface area contributed by atoms with Gasteiger partial charge in [0.2, 0.25) is 0 Å². The van der Waals surface area contributed by atoms with E-state index in [1.165, 1.54) is 5.56 Å². The zero-order valence-corrected chi connectivity index (χ0v) is 8.99. The van der Waals surface area contributed by atoms with E-state index in [4.69, 9.17) is 4.74 Å². The van der Waals surface area contributed by atoms with Gasteiger partial charge in [0.1, 0.15) is 5.75 Å². The molecule has 1 aliphatic rings. The maximum atomic E-state index is 10.4. The Labute approximate surface area is 90.2 Å². The number of benzene rings is 1. The fourth-order valence-electron chi connectivity index (χ4n) is 2.28. The molecule has 0 heterocycles. The molecule has 15 heavy (non-hydrogen) atoms. The molecule has 1 N–H and O–H groups in total. The van der Waals surface area contributed by atoms with Crippen LogP contribution in [0.15, 0.2) is 30.9 Å². The first-order chi connectivity index (χ1) is 7.19. The van der Waals surface area contributed by atoms with Crippen LogP contribution in [0.3, 0.4) is 0 Å². The Hall–Kier alpha value is -1.28. The average molecular weight is 204 g/mol. The molecule has 1 aromatic rings. The number of aliphatic hydroxyl groups is 1. The molecule has 0 amide bonds. The maximum Gasteiger partial charge on any atom is 0.119 e. The third kappa shape index (κ3) is 1.65. The molecule has 0 spiro atoms. The molecular weight excluding hydrogens is 188 g/mol. The minimum absolute atomic E-state index is 0.617. The van der Waals surface area contributed by atoms with Gasteiger partial charge in [-0.3, -0.25) is 0 Å². The van der Waals surface area contributed by atoms with Crippen molar-refractivity contribution in [1.82, 2.24) is 0 Å². The van der Waals surface area contributed by atoms with E-state index in [1.807, 2.05) is 18.2 Å². The van der Waals surface area contributed by atoms with Crippen LogP contribution in [0.1, 0.15) is 24.0 Å². The highest BCUT2D eigenvalue weighted by atomic mass is 16.5. The van der Waals surface area contributed by atoms with Crippen LogP contribution in [-0.4, -0.2) is 12.2 Å². The van der Waals surface area contributed by atoms with Crippen LogP contribution < -0.4 is 4.74 Å². The van der Waals surface area contributed by atoms with Gasteiger partial charge in [0, 0.05) is 0 Å². The van der Waals surface area contributed by atoms with Crippen molar-refractivity contribution in [3.05, 3.63) is 42.0 Å². The second-order valence-corrected chi connectivity index (χ2v) is 4.05. The van der Waals surface area contributed by atoms with Crippen molar-refractivity contribution in [3.63, 3.8) is 0 Å². The lowest BCUT2D eigenvalue weighted by molar-refractivity contribution is 0.0419. The van der Waals surface area contributed by atoms with Crippen LogP contribution in [0, 0.1) is 0 Å². The quantitative estimate of drug-likeness (QED) is 0.766. The van der Waals surface area contributed by atoms with E-state index < -0.39 is 5.60 Å². The first-order valence-electron chi connectivity index (χ1n) is 5.20. The summed E-state index contributed by atoms with van der Waals surface area (Å²) in [5.41, 5.74) is 1.52. The third-order valence-electron chi connectivity index (χ3n) is 3.10. The molecule has 1 aromatic carbocycles. The fraction of sp³-hybridized carbons (Fsp3) is 0.385. The molecule has 1 aliphatic carbocycles. The van der Waals surface area contributed by atoms with Gasteiger partial charge in [0.15, 0.2) is 0 Å². The SMILES string of the molecule is C=CCC1(O)CCc2cc(OC)ccc21. The first-order valence-corrected chi connectivity index (χ1v) is 5.20. The molecule has 0 saturated carbocycles. The smallest absolute Gasteiger partial charge is 0.119 e. The summed E-state index contributed by atoms with van der Waals surface area (Å²) in [6, 6.07) is 5.87. The van der Waals surface area contributed by atoms with Crippen LogP contribution in [0.2, 0.25) is 0 Å². The molecular formula is C13H16O2. The zero-order chi connectivity index (χ0) is 10.9. The number of aryl methyl sites for hydroxylation is 1. The lowest BCUT2D eigenvalue weighted by atomic mass is 9.92. The lowest BCUT2D eigenvalue weighted by Gasteiger charge is -2.22. The van der Waals surface area contributed by atoms with Crippen LogP contribution in [-0.2, 0) is 12.0 Å². The Balaban J connectivity index is 2.39. The summed E-state index contributed by atoms with van der Waals surface area (Å²) in [5, 5.41) is 10.4. The molecule has 1 atom stereocenters. The molecule has 0 aromatic heterocycles. The van der Waals surface area contributed by atoms with E-state index >= 15 is 0 Å². The van der Waals surface area contributed by atoms with E-state index in [0.29, 0.717) is 6.42 Å². The molecule has 0 aliphatic heterocycles. The van der Waals surface area contributed by atoms with Crippen LogP contribution in [0.25, 0.3) is 0 Å². The molecule has 0 bridgehead atoms.